The lowest BCUT2D eigenvalue weighted by molar-refractivity contribution is -0.132. The zero-order chi connectivity index (χ0) is 18.1. The highest BCUT2D eigenvalue weighted by molar-refractivity contribution is 5.76. The van der Waals surface area contributed by atoms with Crippen molar-refractivity contribution in [3.63, 3.8) is 0 Å². The van der Waals surface area contributed by atoms with E-state index < -0.39 is 0 Å². The van der Waals surface area contributed by atoms with Crippen LogP contribution in [0, 0.1) is 0 Å². The number of piperidine rings is 1. The Labute approximate surface area is 152 Å². The first kappa shape index (κ1) is 17.5. The van der Waals surface area contributed by atoms with E-state index in [0.29, 0.717) is 32.1 Å². The normalized spacial score (nSPS) is 21.9. The molecule has 0 radical (unpaired) electrons. The summed E-state index contributed by atoms with van der Waals surface area (Å²) < 4.78 is 5.40. The summed E-state index contributed by atoms with van der Waals surface area (Å²) in [4.78, 5) is 36.6. The number of likely N-dealkylation sites (tertiary alicyclic amines) is 1. The van der Waals surface area contributed by atoms with Crippen molar-refractivity contribution in [1.82, 2.24) is 14.9 Å². The van der Waals surface area contributed by atoms with Crippen molar-refractivity contribution in [3.05, 3.63) is 21.6 Å². The van der Waals surface area contributed by atoms with Gasteiger partial charge in [0, 0.05) is 50.1 Å². The van der Waals surface area contributed by atoms with Crippen LogP contribution < -0.4 is 16.2 Å². The van der Waals surface area contributed by atoms with Gasteiger partial charge in [0.05, 0.1) is 18.9 Å². The minimum Gasteiger partial charge on any atom is -0.378 e. The van der Waals surface area contributed by atoms with Gasteiger partial charge >= 0.3 is 0 Å². The minimum absolute atomic E-state index is 0.00463. The lowest BCUT2D eigenvalue weighted by Gasteiger charge is -2.39. The van der Waals surface area contributed by atoms with Crippen molar-refractivity contribution in [3.8, 4) is 0 Å². The van der Waals surface area contributed by atoms with Crippen LogP contribution >= 0.6 is 0 Å². The highest BCUT2D eigenvalue weighted by Gasteiger charge is 2.44. The van der Waals surface area contributed by atoms with Crippen LogP contribution in [0.1, 0.15) is 36.9 Å². The van der Waals surface area contributed by atoms with Crippen LogP contribution in [0.4, 0.5) is 5.95 Å². The maximum Gasteiger partial charge on any atom is 0.255 e. The molecule has 8 nitrogen and oxygen atoms in total. The first-order chi connectivity index (χ1) is 12.6. The van der Waals surface area contributed by atoms with Crippen molar-refractivity contribution in [2.75, 3.05) is 50.8 Å². The van der Waals surface area contributed by atoms with Gasteiger partial charge in [0.1, 0.15) is 0 Å². The van der Waals surface area contributed by atoms with Crippen molar-refractivity contribution in [1.29, 1.82) is 0 Å². The average molecular weight is 361 g/mol. The summed E-state index contributed by atoms with van der Waals surface area (Å²) >= 11 is 0. The van der Waals surface area contributed by atoms with Gasteiger partial charge in [-0.2, -0.15) is 0 Å². The number of carbonyl (C=O) groups is 1. The third kappa shape index (κ3) is 3.01. The third-order valence-corrected chi connectivity index (χ3v) is 6.10. The van der Waals surface area contributed by atoms with Crippen molar-refractivity contribution < 1.29 is 9.53 Å². The van der Waals surface area contributed by atoms with E-state index in [1.165, 1.54) is 0 Å². The van der Waals surface area contributed by atoms with E-state index in [-0.39, 0.29) is 16.9 Å². The van der Waals surface area contributed by atoms with E-state index in [0.717, 1.165) is 63.1 Å². The minimum atomic E-state index is -0.0654. The molecule has 0 aromatic carbocycles. The fourth-order valence-electron chi connectivity index (χ4n) is 4.52. The number of nitrogens with two attached hydrogens (primary N) is 1. The topological polar surface area (TPSA) is 105 Å². The molecule has 3 aliphatic rings. The molecular formula is C18H27N5O3. The number of nitrogens with one attached hydrogen (secondary N) is 1. The average Bonchev–Trinajstić information content (AvgIpc) is 3.02. The molecular weight excluding hydrogens is 334 g/mol. The van der Waals surface area contributed by atoms with Gasteiger partial charge < -0.3 is 20.3 Å². The monoisotopic (exact) mass is 361 g/mol. The quantitative estimate of drug-likeness (QED) is 0.770. The Kier molecular flexibility index (Phi) is 4.71. The second-order valence-electron chi connectivity index (χ2n) is 7.52. The number of nitrogens with zero attached hydrogens (tertiary/aromatic N) is 3. The van der Waals surface area contributed by atoms with Crippen LogP contribution in [-0.2, 0) is 21.4 Å². The molecule has 0 unspecified atom stereocenters. The molecule has 1 aliphatic carbocycles. The number of carbonyl (C=O) groups excluding carboxylic acids is 1. The Morgan fingerprint density at radius 3 is 2.62 bits per heavy atom. The van der Waals surface area contributed by atoms with Crippen LogP contribution in [0.15, 0.2) is 4.79 Å². The summed E-state index contributed by atoms with van der Waals surface area (Å²) in [5.74, 6) is 0.799. The predicted octanol–water partition coefficient (Wildman–Crippen LogP) is -0.238. The second kappa shape index (κ2) is 7.00. The van der Waals surface area contributed by atoms with Crippen LogP contribution in [0.5, 0.6) is 0 Å². The van der Waals surface area contributed by atoms with E-state index in [1.807, 2.05) is 4.90 Å². The van der Waals surface area contributed by atoms with Crippen LogP contribution in [0.25, 0.3) is 0 Å². The molecule has 142 valence electrons. The molecule has 1 spiro atoms. The molecule has 0 atom stereocenters. The molecule has 8 heteroatoms. The number of aromatic nitrogens is 2. The lowest BCUT2D eigenvalue weighted by Crippen LogP contribution is -2.45. The highest BCUT2D eigenvalue weighted by atomic mass is 16.5. The van der Waals surface area contributed by atoms with Gasteiger partial charge in [0.25, 0.3) is 5.56 Å². The van der Waals surface area contributed by atoms with Gasteiger partial charge in [-0.15, -0.1) is 0 Å². The molecule has 4 rings (SSSR count). The molecule has 2 fully saturated rings. The SMILES string of the molecule is NCCC(=O)N1CCC2(CCc3c2nc(N2CCOCC2)[nH]c3=O)CC1. The number of rotatable bonds is 3. The van der Waals surface area contributed by atoms with Crippen molar-refractivity contribution in [2.24, 2.45) is 5.73 Å². The number of morpholine rings is 1. The van der Waals surface area contributed by atoms with E-state index in [2.05, 4.69) is 9.88 Å². The Morgan fingerprint density at radius 2 is 1.92 bits per heavy atom. The fraction of sp³-hybridized carbons (Fsp3) is 0.722. The summed E-state index contributed by atoms with van der Waals surface area (Å²) in [6.45, 7) is 4.64. The van der Waals surface area contributed by atoms with Crippen LogP contribution in [0.2, 0.25) is 0 Å². The van der Waals surface area contributed by atoms with Crippen molar-refractivity contribution in [2.45, 2.75) is 37.5 Å². The van der Waals surface area contributed by atoms with Gasteiger partial charge in [-0.3, -0.25) is 14.6 Å². The number of hydrogen-bond donors (Lipinski definition) is 2. The lowest BCUT2D eigenvalue weighted by atomic mass is 9.76. The number of ether oxygens (including phenoxy) is 1. The van der Waals surface area contributed by atoms with E-state index in [4.69, 9.17) is 15.5 Å². The van der Waals surface area contributed by atoms with Crippen molar-refractivity contribution >= 4 is 11.9 Å². The van der Waals surface area contributed by atoms with Gasteiger partial charge in [-0.1, -0.05) is 0 Å². The predicted molar refractivity (Wildman–Crippen MR) is 97.4 cm³/mol. The Hall–Kier alpha value is -1.93. The first-order valence-electron chi connectivity index (χ1n) is 9.57. The van der Waals surface area contributed by atoms with Gasteiger partial charge in [0.2, 0.25) is 11.9 Å². The van der Waals surface area contributed by atoms with E-state index >= 15 is 0 Å². The second-order valence-corrected chi connectivity index (χ2v) is 7.52. The van der Waals surface area contributed by atoms with Gasteiger partial charge in [-0.25, -0.2) is 4.98 Å². The number of aromatic amines is 1. The fourth-order valence-corrected chi connectivity index (χ4v) is 4.52. The molecule has 26 heavy (non-hydrogen) atoms. The molecule has 2 aliphatic heterocycles. The summed E-state index contributed by atoms with van der Waals surface area (Å²) in [5, 5.41) is 0. The molecule has 3 heterocycles. The highest BCUT2D eigenvalue weighted by Crippen LogP contribution is 2.44. The Morgan fingerprint density at radius 1 is 1.19 bits per heavy atom. The molecule has 3 N–H and O–H groups in total. The number of anilines is 1. The third-order valence-electron chi connectivity index (χ3n) is 6.10. The molecule has 0 bridgehead atoms. The molecule has 1 aromatic rings. The number of fused-ring (bicyclic) bond motifs is 2. The molecule has 1 amide bonds. The van der Waals surface area contributed by atoms with Crippen LogP contribution in [-0.4, -0.2) is 66.7 Å². The maximum absolute atomic E-state index is 12.6. The summed E-state index contributed by atoms with van der Waals surface area (Å²) in [5.41, 5.74) is 7.24. The standard InChI is InChI=1S/C18H27N5O3/c19-6-2-14(24)22-7-4-18(5-8-22)3-1-13-15(18)20-17(21-16(13)25)23-9-11-26-12-10-23/h1-12,19H2,(H,20,21,25). The number of hydrogen-bond acceptors (Lipinski definition) is 6. The summed E-state index contributed by atoms with van der Waals surface area (Å²) in [6.07, 6.45) is 3.87. The largest absolute Gasteiger partial charge is 0.378 e. The number of amides is 1. The maximum atomic E-state index is 12.6. The molecule has 2 saturated heterocycles. The number of H-pyrrole nitrogens is 1. The molecule has 0 saturated carbocycles. The Balaban J connectivity index is 1.58. The molecule has 1 aromatic heterocycles. The zero-order valence-corrected chi connectivity index (χ0v) is 15.1. The van der Waals surface area contributed by atoms with Gasteiger partial charge in [-0.05, 0) is 25.7 Å². The zero-order valence-electron chi connectivity index (χ0n) is 15.1. The Bertz CT molecular complexity index is 733. The van der Waals surface area contributed by atoms with Crippen LogP contribution in [0.3, 0.4) is 0 Å². The first-order valence-corrected chi connectivity index (χ1v) is 9.57. The summed E-state index contributed by atoms with van der Waals surface area (Å²) in [6, 6.07) is 0. The van der Waals surface area contributed by atoms with Gasteiger partial charge in [0.15, 0.2) is 0 Å². The van der Waals surface area contributed by atoms with E-state index in [9.17, 15) is 9.59 Å². The van der Waals surface area contributed by atoms with E-state index in [1.54, 1.807) is 0 Å². The summed E-state index contributed by atoms with van der Waals surface area (Å²) in [7, 11) is 0. The smallest absolute Gasteiger partial charge is 0.255 e.